The van der Waals surface area contributed by atoms with Crippen LogP contribution in [0.1, 0.15) is 25.0 Å². The zero-order chi connectivity index (χ0) is 12.7. The Morgan fingerprint density at radius 1 is 1.29 bits per heavy atom. The fraction of sp³-hybridized carbons (Fsp3) is 0.538. The van der Waals surface area contributed by atoms with Crippen LogP contribution in [0.25, 0.3) is 0 Å². The second-order valence-electron chi connectivity index (χ2n) is 3.98. The molecule has 0 aliphatic heterocycles. The van der Waals surface area contributed by atoms with Crippen molar-refractivity contribution in [3.05, 3.63) is 34.3 Å². The van der Waals surface area contributed by atoms with E-state index in [4.69, 9.17) is 5.11 Å². The van der Waals surface area contributed by atoms with Crippen molar-refractivity contribution in [1.29, 1.82) is 0 Å². The van der Waals surface area contributed by atoms with Gasteiger partial charge in [-0.1, -0.05) is 41.1 Å². The minimum atomic E-state index is -0.460. The van der Waals surface area contributed by atoms with Crippen molar-refractivity contribution in [2.45, 2.75) is 19.4 Å². The van der Waals surface area contributed by atoms with Gasteiger partial charge in [0.2, 0.25) is 0 Å². The highest BCUT2D eigenvalue weighted by atomic mass is 79.9. The molecule has 0 aliphatic rings. The van der Waals surface area contributed by atoms with E-state index < -0.39 is 6.10 Å². The molecule has 0 radical (unpaired) electrons. The third kappa shape index (κ3) is 4.76. The van der Waals surface area contributed by atoms with Crippen molar-refractivity contribution in [2.75, 3.05) is 26.2 Å². The van der Waals surface area contributed by atoms with Gasteiger partial charge in [0.15, 0.2) is 0 Å². The lowest BCUT2D eigenvalue weighted by molar-refractivity contribution is 0.133. The Bertz CT molecular complexity index is 333. The van der Waals surface area contributed by atoms with Crippen molar-refractivity contribution < 1.29 is 10.2 Å². The van der Waals surface area contributed by atoms with E-state index in [9.17, 15) is 5.11 Å². The third-order valence-corrected chi connectivity index (χ3v) is 3.57. The lowest BCUT2D eigenvalue weighted by Gasteiger charge is -2.21. The molecule has 3 nitrogen and oxygen atoms in total. The number of halogens is 1. The average molecular weight is 302 g/mol. The number of hydrogen-bond donors (Lipinski definition) is 2. The summed E-state index contributed by atoms with van der Waals surface area (Å²) in [6.07, 6.45) is 0.217. The van der Waals surface area contributed by atoms with E-state index in [2.05, 4.69) is 27.8 Å². The van der Waals surface area contributed by atoms with Gasteiger partial charge in [-0.05, 0) is 24.6 Å². The molecule has 1 aromatic carbocycles. The van der Waals surface area contributed by atoms with Crippen LogP contribution in [0.3, 0.4) is 0 Å². The number of likely N-dealkylation sites (N-methyl/N-ethyl adjacent to an activating group) is 1. The van der Waals surface area contributed by atoms with Crippen LogP contribution in [0.15, 0.2) is 28.7 Å². The molecule has 17 heavy (non-hydrogen) atoms. The van der Waals surface area contributed by atoms with Gasteiger partial charge in [0.05, 0.1) is 12.7 Å². The van der Waals surface area contributed by atoms with Gasteiger partial charge in [-0.15, -0.1) is 0 Å². The van der Waals surface area contributed by atoms with E-state index in [0.717, 1.165) is 23.1 Å². The molecule has 0 bridgehead atoms. The molecule has 0 amide bonds. The molecule has 0 heterocycles. The van der Waals surface area contributed by atoms with Crippen LogP contribution in [0.4, 0.5) is 0 Å². The molecule has 0 spiro atoms. The molecule has 1 unspecified atom stereocenters. The summed E-state index contributed by atoms with van der Waals surface area (Å²) in [4.78, 5) is 2.13. The molecule has 2 N–H and O–H groups in total. The standard InChI is InChI=1S/C13H20BrNO2/c1-2-15(9-10-16)8-7-13(17)11-5-3-4-6-12(11)14/h3-6,13,16-17H,2,7-10H2,1H3. The highest BCUT2D eigenvalue weighted by molar-refractivity contribution is 9.10. The lowest BCUT2D eigenvalue weighted by Crippen LogP contribution is -2.28. The van der Waals surface area contributed by atoms with Crippen LogP contribution in [-0.2, 0) is 0 Å². The second kappa shape index (κ2) is 7.82. The Kier molecular flexibility index (Phi) is 6.73. The number of hydrogen-bond acceptors (Lipinski definition) is 3. The van der Waals surface area contributed by atoms with E-state index in [1.54, 1.807) is 0 Å². The molecule has 0 aromatic heterocycles. The zero-order valence-electron chi connectivity index (χ0n) is 10.1. The highest BCUT2D eigenvalue weighted by Gasteiger charge is 2.12. The van der Waals surface area contributed by atoms with Crippen molar-refractivity contribution in [2.24, 2.45) is 0 Å². The van der Waals surface area contributed by atoms with Gasteiger partial charge < -0.3 is 15.1 Å². The van der Waals surface area contributed by atoms with Crippen LogP contribution in [0, 0.1) is 0 Å². The topological polar surface area (TPSA) is 43.7 Å². The zero-order valence-corrected chi connectivity index (χ0v) is 11.7. The third-order valence-electron chi connectivity index (χ3n) is 2.85. The highest BCUT2D eigenvalue weighted by Crippen LogP contribution is 2.25. The van der Waals surface area contributed by atoms with Gasteiger partial charge in [0.25, 0.3) is 0 Å². The van der Waals surface area contributed by atoms with E-state index in [1.807, 2.05) is 24.3 Å². The molecular formula is C13H20BrNO2. The molecule has 4 heteroatoms. The fourth-order valence-corrected chi connectivity index (χ4v) is 2.32. The Hall–Kier alpha value is -0.420. The van der Waals surface area contributed by atoms with Gasteiger partial charge in [-0.2, -0.15) is 0 Å². The van der Waals surface area contributed by atoms with Crippen molar-refractivity contribution in [1.82, 2.24) is 4.90 Å². The number of nitrogens with zero attached hydrogens (tertiary/aromatic N) is 1. The molecule has 0 saturated carbocycles. The monoisotopic (exact) mass is 301 g/mol. The molecule has 0 saturated heterocycles. The minimum Gasteiger partial charge on any atom is -0.395 e. The normalized spacial score (nSPS) is 13.0. The van der Waals surface area contributed by atoms with Crippen LogP contribution < -0.4 is 0 Å². The number of benzene rings is 1. The smallest absolute Gasteiger partial charge is 0.0813 e. The minimum absolute atomic E-state index is 0.166. The van der Waals surface area contributed by atoms with Crippen LogP contribution in [-0.4, -0.2) is 41.4 Å². The van der Waals surface area contributed by atoms with Crippen molar-refractivity contribution in [3.8, 4) is 0 Å². The summed E-state index contributed by atoms with van der Waals surface area (Å²) in [6.45, 7) is 4.57. The first-order valence-electron chi connectivity index (χ1n) is 5.94. The number of aliphatic hydroxyl groups is 2. The predicted molar refractivity (Wildman–Crippen MR) is 72.9 cm³/mol. The second-order valence-corrected chi connectivity index (χ2v) is 4.84. The van der Waals surface area contributed by atoms with Gasteiger partial charge in [-0.3, -0.25) is 0 Å². The maximum Gasteiger partial charge on any atom is 0.0813 e. The van der Waals surface area contributed by atoms with Crippen LogP contribution in [0.2, 0.25) is 0 Å². The first kappa shape index (κ1) is 14.6. The summed E-state index contributed by atoms with van der Waals surface area (Å²) in [5.41, 5.74) is 0.924. The van der Waals surface area contributed by atoms with Gasteiger partial charge in [0, 0.05) is 17.6 Å². The summed E-state index contributed by atoms with van der Waals surface area (Å²) in [5, 5.41) is 19.0. The molecular weight excluding hydrogens is 282 g/mol. The van der Waals surface area contributed by atoms with Gasteiger partial charge in [0.1, 0.15) is 0 Å². The summed E-state index contributed by atoms with van der Waals surface area (Å²) in [6, 6.07) is 7.72. The first-order chi connectivity index (χ1) is 8.19. The summed E-state index contributed by atoms with van der Waals surface area (Å²) in [5.74, 6) is 0. The molecule has 1 aromatic rings. The van der Waals surface area contributed by atoms with Crippen LogP contribution in [0.5, 0.6) is 0 Å². The Morgan fingerprint density at radius 2 is 2.00 bits per heavy atom. The van der Waals surface area contributed by atoms with Gasteiger partial charge >= 0.3 is 0 Å². The summed E-state index contributed by atoms with van der Waals surface area (Å²) in [7, 11) is 0. The Balaban J connectivity index is 2.49. The largest absolute Gasteiger partial charge is 0.395 e. The maximum atomic E-state index is 10.1. The molecule has 1 rings (SSSR count). The van der Waals surface area contributed by atoms with Crippen molar-refractivity contribution in [3.63, 3.8) is 0 Å². The summed E-state index contributed by atoms with van der Waals surface area (Å²) < 4.78 is 0.942. The number of aliphatic hydroxyl groups excluding tert-OH is 2. The molecule has 1 atom stereocenters. The first-order valence-corrected chi connectivity index (χ1v) is 6.74. The fourth-order valence-electron chi connectivity index (χ4n) is 1.78. The van der Waals surface area contributed by atoms with Crippen molar-refractivity contribution >= 4 is 15.9 Å². The molecule has 96 valence electrons. The SMILES string of the molecule is CCN(CCO)CCC(O)c1ccccc1Br. The molecule has 0 fully saturated rings. The Labute approximate surface area is 111 Å². The van der Waals surface area contributed by atoms with E-state index in [0.29, 0.717) is 13.0 Å². The quantitative estimate of drug-likeness (QED) is 0.811. The van der Waals surface area contributed by atoms with Crippen LogP contribution >= 0.6 is 15.9 Å². The Morgan fingerprint density at radius 3 is 2.59 bits per heavy atom. The van der Waals surface area contributed by atoms with E-state index in [1.165, 1.54) is 0 Å². The summed E-state index contributed by atoms with van der Waals surface area (Å²) >= 11 is 3.44. The lowest BCUT2D eigenvalue weighted by atomic mass is 10.1. The van der Waals surface area contributed by atoms with E-state index in [-0.39, 0.29) is 6.61 Å². The van der Waals surface area contributed by atoms with E-state index >= 15 is 0 Å². The average Bonchev–Trinajstić information content (AvgIpc) is 2.34. The molecule has 0 aliphatic carbocycles. The predicted octanol–water partition coefficient (Wildman–Crippen LogP) is 2.19. The number of rotatable bonds is 7. The maximum absolute atomic E-state index is 10.1. The van der Waals surface area contributed by atoms with Gasteiger partial charge in [-0.25, -0.2) is 0 Å².